The Hall–Kier alpha value is -1.43. The molecule has 0 fully saturated rings. The van der Waals surface area contributed by atoms with Crippen LogP contribution in [0.15, 0.2) is 18.2 Å². The number of aromatic hydroxyl groups is 1. The highest BCUT2D eigenvalue weighted by atomic mass is 19.4. The van der Waals surface area contributed by atoms with Crippen molar-refractivity contribution in [1.29, 1.82) is 0 Å². The Kier molecular flexibility index (Phi) is 3.64. The summed E-state index contributed by atoms with van der Waals surface area (Å²) in [5.74, 6) is 0.0663. The molecule has 3 N–H and O–H groups in total. The van der Waals surface area contributed by atoms with Gasteiger partial charge in [0.15, 0.2) is 0 Å². The molecule has 0 aromatic heterocycles. The molecule has 0 heterocycles. The van der Waals surface area contributed by atoms with Crippen molar-refractivity contribution in [3.8, 4) is 11.5 Å². The number of nitrogens with two attached hydrogens (primary N) is 1. The van der Waals surface area contributed by atoms with Gasteiger partial charge in [0, 0.05) is 17.7 Å². The van der Waals surface area contributed by atoms with Crippen LogP contribution in [0.5, 0.6) is 11.5 Å². The third kappa shape index (κ3) is 3.30. The first-order valence-corrected chi connectivity index (χ1v) is 4.52. The maximum absolute atomic E-state index is 12.1. The highest BCUT2D eigenvalue weighted by Crippen LogP contribution is 2.33. The monoisotopic (exact) mass is 235 g/mol. The van der Waals surface area contributed by atoms with Crippen LogP contribution in [0.3, 0.4) is 0 Å². The lowest BCUT2D eigenvalue weighted by Crippen LogP contribution is -2.20. The summed E-state index contributed by atoms with van der Waals surface area (Å²) in [6, 6.07) is 2.63. The first kappa shape index (κ1) is 12.6. The molecule has 0 spiro atoms. The van der Waals surface area contributed by atoms with Crippen molar-refractivity contribution in [1.82, 2.24) is 0 Å². The first-order valence-electron chi connectivity index (χ1n) is 4.52. The number of methoxy groups -OCH3 is 1. The van der Waals surface area contributed by atoms with Crippen LogP contribution in [-0.4, -0.2) is 18.4 Å². The van der Waals surface area contributed by atoms with Crippen molar-refractivity contribution in [3.05, 3.63) is 23.8 Å². The molecule has 0 saturated carbocycles. The van der Waals surface area contributed by atoms with Gasteiger partial charge in [0.25, 0.3) is 0 Å². The second-order valence-corrected chi connectivity index (χ2v) is 3.35. The Bertz CT molecular complexity index is 366. The van der Waals surface area contributed by atoms with Crippen LogP contribution < -0.4 is 10.5 Å². The van der Waals surface area contributed by atoms with Crippen molar-refractivity contribution in [2.75, 3.05) is 7.11 Å². The summed E-state index contributed by atoms with van der Waals surface area (Å²) in [6.45, 7) is 0. The van der Waals surface area contributed by atoms with Crippen molar-refractivity contribution in [2.24, 2.45) is 5.73 Å². The van der Waals surface area contributed by atoms with Crippen LogP contribution in [0.2, 0.25) is 0 Å². The smallest absolute Gasteiger partial charge is 0.390 e. The summed E-state index contributed by atoms with van der Waals surface area (Å²) < 4.78 is 41.3. The molecular weight excluding hydrogens is 223 g/mol. The summed E-state index contributed by atoms with van der Waals surface area (Å²) in [7, 11) is 1.30. The van der Waals surface area contributed by atoms with Gasteiger partial charge in [-0.15, -0.1) is 0 Å². The predicted octanol–water partition coefficient (Wildman–Crippen LogP) is 2.35. The highest BCUT2D eigenvalue weighted by Gasteiger charge is 2.31. The van der Waals surface area contributed by atoms with E-state index in [1.165, 1.54) is 25.3 Å². The molecule has 1 aromatic carbocycles. The topological polar surface area (TPSA) is 55.5 Å². The van der Waals surface area contributed by atoms with Crippen molar-refractivity contribution >= 4 is 0 Å². The maximum atomic E-state index is 12.1. The third-order valence-corrected chi connectivity index (χ3v) is 2.07. The van der Waals surface area contributed by atoms with Crippen molar-refractivity contribution < 1.29 is 23.0 Å². The average Bonchev–Trinajstić information content (AvgIpc) is 2.14. The largest absolute Gasteiger partial charge is 0.508 e. The van der Waals surface area contributed by atoms with E-state index in [1.54, 1.807) is 0 Å². The zero-order valence-corrected chi connectivity index (χ0v) is 8.58. The number of halogens is 3. The number of rotatable bonds is 3. The summed E-state index contributed by atoms with van der Waals surface area (Å²) in [4.78, 5) is 0. The van der Waals surface area contributed by atoms with Gasteiger partial charge < -0.3 is 15.6 Å². The Morgan fingerprint density at radius 3 is 2.56 bits per heavy atom. The van der Waals surface area contributed by atoms with Gasteiger partial charge in [0.2, 0.25) is 0 Å². The van der Waals surface area contributed by atoms with Gasteiger partial charge in [-0.05, 0) is 6.07 Å². The Balaban J connectivity index is 2.94. The molecule has 1 rings (SSSR count). The number of ether oxygens (including phenoxy) is 1. The zero-order chi connectivity index (χ0) is 12.3. The Morgan fingerprint density at radius 2 is 2.06 bits per heavy atom. The van der Waals surface area contributed by atoms with Crippen LogP contribution in [0.25, 0.3) is 0 Å². The average molecular weight is 235 g/mol. The second-order valence-electron chi connectivity index (χ2n) is 3.35. The lowest BCUT2D eigenvalue weighted by Gasteiger charge is -2.17. The summed E-state index contributed by atoms with van der Waals surface area (Å²) >= 11 is 0. The van der Waals surface area contributed by atoms with Gasteiger partial charge in [-0.3, -0.25) is 0 Å². The third-order valence-electron chi connectivity index (χ3n) is 2.07. The van der Waals surface area contributed by atoms with Gasteiger partial charge in [-0.1, -0.05) is 6.07 Å². The first-order chi connectivity index (χ1) is 7.33. The molecule has 0 saturated heterocycles. The fourth-order valence-corrected chi connectivity index (χ4v) is 1.37. The normalized spacial score (nSPS) is 13.6. The molecule has 0 unspecified atom stereocenters. The molecule has 1 aromatic rings. The molecule has 90 valence electrons. The van der Waals surface area contributed by atoms with Gasteiger partial charge in [-0.2, -0.15) is 13.2 Å². The molecule has 6 heteroatoms. The van der Waals surface area contributed by atoms with Crippen molar-refractivity contribution in [2.45, 2.75) is 18.6 Å². The molecule has 0 amide bonds. The minimum absolute atomic E-state index is 0.0835. The molecule has 0 radical (unpaired) electrons. The molecule has 16 heavy (non-hydrogen) atoms. The minimum atomic E-state index is -4.33. The molecule has 0 bridgehead atoms. The Morgan fingerprint density at radius 1 is 1.44 bits per heavy atom. The lowest BCUT2D eigenvalue weighted by atomic mass is 10.0. The molecule has 0 aliphatic carbocycles. The number of hydrogen-bond acceptors (Lipinski definition) is 3. The lowest BCUT2D eigenvalue weighted by molar-refractivity contribution is -0.138. The zero-order valence-electron chi connectivity index (χ0n) is 8.58. The number of phenols is 1. The summed E-state index contributed by atoms with van der Waals surface area (Å²) in [6.07, 6.45) is -5.46. The summed E-state index contributed by atoms with van der Waals surface area (Å²) in [5.41, 5.74) is 5.65. The SMILES string of the molecule is COc1cc(O)ccc1[C@@H](N)CC(F)(F)F. The number of phenolic OH excluding ortho intramolecular Hbond substituents is 1. The summed E-state index contributed by atoms with van der Waals surface area (Å²) in [5, 5.41) is 9.14. The van der Waals surface area contributed by atoms with Crippen LogP contribution in [0.4, 0.5) is 13.2 Å². The van der Waals surface area contributed by atoms with E-state index in [4.69, 9.17) is 15.6 Å². The van der Waals surface area contributed by atoms with E-state index in [9.17, 15) is 13.2 Å². The van der Waals surface area contributed by atoms with E-state index >= 15 is 0 Å². The fraction of sp³-hybridized carbons (Fsp3) is 0.400. The van der Waals surface area contributed by atoms with Crippen LogP contribution in [0.1, 0.15) is 18.0 Å². The highest BCUT2D eigenvalue weighted by molar-refractivity contribution is 5.41. The molecule has 1 atom stereocenters. The van der Waals surface area contributed by atoms with E-state index in [0.717, 1.165) is 0 Å². The minimum Gasteiger partial charge on any atom is -0.508 e. The van der Waals surface area contributed by atoms with E-state index in [-0.39, 0.29) is 17.1 Å². The molecular formula is C10H12F3NO2. The molecule has 0 aliphatic heterocycles. The second kappa shape index (κ2) is 4.61. The van der Waals surface area contributed by atoms with Crippen LogP contribution in [-0.2, 0) is 0 Å². The Labute approximate surface area is 90.6 Å². The van der Waals surface area contributed by atoms with Gasteiger partial charge in [-0.25, -0.2) is 0 Å². The molecule has 3 nitrogen and oxygen atoms in total. The number of benzene rings is 1. The van der Waals surface area contributed by atoms with Crippen LogP contribution >= 0.6 is 0 Å². The number of alkyl halides is 3. The van der Waals surface area contributed by atoms with Crippen LogP contribution in [0, 0.1) is 0 Å². The van der Waals surface area contributed by atoms with Gasteiger partial charge in [0.1, 0.15) is 11.5 Å². The maximum Gasteiger partial charge on any atom is 0.390 e. The van der Waals surface area contributed by atoms with E-state index < -0.39 is 18.6 Å². The quantitative estimate of drug-likeness (QED) is 0.845. The number of hydrogen-bond donors (Lipinski definition) is 2. The van der Waals surface area contributed by atoms with E-state index in [1.807, 2.05) is 0 Å². The van der Waals surface area contributed by atoms with Crippen molar-refractivity contribution in [3.63, 3.8) is 0 Å². The molecule has 0 aliphatic rings. The standard InChI is InChI=1S/C10H12F3NO2/c1-16-9-4-6(15)2-3-7(9)8(14)5-10(11,12)13/h2-4,8,15H,5,14H2,1H3/t8-/m0/s1. The van der Waals surface area contributed by atoms with Gasteiger partial charge in [0.05, 0.1) is 13.5 Å². The van der Waals surface area contributed by atoms with E-state index in [2.05, 4.69) is 0 Å². The predicted molar refractivity (Wildman–Crippen MR) is 52.3 cm³/mol. The van der Waals surface area contributed by atoms with Gasteiger partial charge >= 0.3 is 6.18 Å². The fourth-order valence-electron chi connectivity index (χ4n) is 1.37. The van der Waals surface area contributed by atoms with E-state index in [0.29, 0.717) is 0 Å².